The molecule has 1 heterocycles. The molecule has 0 bridgehead atoms. The molecule has 1 aromatic carbocycles. The maximum Gasteiger partial charge on any atom is 0.227 e. The van der Waals surface area contributed by atoms with E-state index in [1.54, 1.807) is 0 Å². The van der Waals surface area contributed by atoms with Crippen molar-refractivity contribution in [2.75, 3.05) is 20.3 Å². The lowest BCUT2D eigenvalue weighted by atomic mass is 10.0. The van der Waals surface area contributed by atoms with Crippen molar-refractivity contribution in [2.45, 2.75) is 19.0 Å². The summed E-state index contributed by atoms with van der Waals surface area (Å²) in [5, 5.41) is 6.17. The average molecular weight is 327 g/mol. The summed E-state index contributed by atoms with van der Waals surface area (Å²) in [6.45, 7) is 3.08. The molecule has 0 saturated carbocycles. The third kappa shape index (κ3) is 3.55. The molecule has 2 rings (SSSR count). The molecule has 0 aliphatic carbocycles. The fourth-order valence-corrected chi connectivity index (χ4v) is 2.52. The topological polar surface area (TPSA) is 50.4 Å². The molecule has 0 radical (unpaired) electrons. The minimum atomic E-state index is -0.108. The maximum absolute atomic E-state index is 12.2. The van der Waals surface area contributed by atoms with E-state index in [0.717, 1.165) is 10.0 Å². The van der Waals surface area contributed by atoms with Gasteiger partial charge < -0.3 is 15.4 Å². The molecule has 2 N–H and O–H groups in total. The number of rotatable bonds is 4. The van der Waals surface area contributed by atoms with Gasteiger partial charge in [0.15, 0.2) is 0 Å². The minimum absolute atomic E-state index is 0.00120. The normalized spacial score (nSPS) is 24.2. The van der Waals surface area contributed by atoms with Crippen LogP contribution in [-0.4, -0.2) is 32.2 Å². The number of carbonyl (C=O) groups excluding carboxylic acids is 1. The minimum Gasteiger partial charge on any atom is -0.379 e. The zero-order chi connectivity index (χ0) is 13.8. The van der Waals surface area contributed by atoms with Crippen LogP contribution < -0.4 is 10.6 Å². The van der Waals surface area contributed by atoms with Crippen molar-refractivity contribution in [3.05, 3.63) is 34.3 Å². The van der Waals surface area contributed by atoms with Crippen LogP contribution in [0, 0.1) is 5.92 Å². The number of halogens is 1. The SMILES string of the molecule is CNC1COCC1C(=O)N[C@H](C)c1ccc(Br)cc1. The maximum atomic E-state index is 12.2. The second kappa shape index (κ2) is 6.50. The van der Waals surface area contributed by atoms with Crippen molar-refractivity contribution in [2.24, 2.45) is 5.92 Å². The van der Waals surface area contributed by atoms with Gasteiger partial charge in [0, 0.05) is 10.5 Å². The third-order valence-corrected chi connectivity index (χ3v) is 4.05. The molecule has 1 fully saturated rings. The molecule has 0 aromatic heterocycles. The Labute approximate surface area is 122 Å². The first-order chi connectivity index (χ1) is 9.11. The summed E-state index contributed by atoms with van der Waals surface area (Å²) in [6, 6.07) is 8.09. The zero-order valence-electron chi connectivity index (χ0n) is 11.2. The summed E-state index contributed by atoms with van der Waals surface area (Å²) >= 11 is 3.40. The molecular weight excluding hydrogens is 308 g/mol. The summed E-state index contributed by atoms with van der Waals surface area (Å²) in [5.74, 6) is -0.0600. The molecule has 1 aliphatic heterocycles. The molecule has 104 valence electrons. The number of hydrogen-bond donors (Lipinski definition) is 2. The van der Waals surface area contributed by atoms with Gasteiger partial charge in [0.05, 0.1) is 25.2 Å². The van der Waals surface area contributed by atoms with Crippen LogP contribution in [0.4, 0.5) is 0 Å². The van der Waals surface area contributed by atoms with E-state index >= 15 is 0 Å². The van der Waals surface area contributed by atoms with Gasteiger partial charge in [0.2, 0.25) is 5.91 Å². The van der Waals surface area contributed by atoms with Crippen LogP contribution >= 0.6 is 15.9 Å². The molecule has 1 aromatic rings. The van der Waals surface area contributed by atoms with E-state index in [2.05, 4.69) is 26.6 Å². The summed E-state index contributed by atoms with van der Waals surface area (Å²) in [4.78, 5) is 12.2. The standard InChI is InChI=1S/C14H19BrN2O2/c1-9(10-3-5-11(15)6-4-10)17-14(18)12-7-19-8-13(12)16-2/h3-6,9,12-13,16H,7-8H2,1-2H3,(H,17,18)/t9-,12?,13?/m1/s1. The first-order valence-electron chi connectivity index (χ1n) is 6.42. The van der Waals surface area contributed by atoms with Gasteiger partial charge in [-0.1, -0.05) is 28.1 Å². The van der Waals surface area contributed by atoms with E-state index in [-0.39, 0.29) is 23.9 Å². The third-order valence-electron chi connectivity index (χ3n) is 3.52. The van der Waals surface area contributed by atoms with Gasteiger partial charge in [-0.2, -0.15) is 0 Å². The smallest absolute Gasteiger partial charge is 0.227 e. The highest BCUT2D eigenvalue weighted by Gasteiger charge is 2.33. The molecule has 2 unspecified atom stereocenters. The lowest BCUT2D eigenvalue weighted by Gasteiger charge is -2.20. The van der Waals surface area contributed by atoms with Gasteiger partial charge in [-0.15, -0.1) is 0 Å². The molecular formula is C14H19BrN2O2. The van der Waals surface area contributed by atoms with Crippen molar-refractivity contribution in [1.82, 2.24) is 10.6 Å². The molecule has 0 spiro atoms. The molecule has 19 heavy (non-hydrogen) atoms. The van der Waals surface area contributed by atoms with E-state index < -0.39 is 0 Å². The van der Waals surface area contributed by atoms with Crippen LogP contribution in [0.15, 0.2) is 28.7 Å². The number of amides is 1. The van der Waals surface area contributed by atoms with E-state index in [4.69, 9.17) is 4.74 Å². The van der Waals surface area contributed by atoms with Gasteiger partial charge in [-0.3, -0.25) is 4.79 Å². The Morgan fingerprint density at radius 2 is 2.05 bits per heavy atom. The van der Waals surface area contributed by atoms with Gasteiger partial charge >= 0.3 is 0 Å². The molecule has 1 saturated heterocycles. The monoisotopic (exact) mass is 326 g/mol. The largest absolute Gasteiger partial charge is 0.379 e. The van der Waals surface area contributed by atoms with Crippen LogP contribution in [0.1, 0.15) is 18.5 Å². The fourth-order valence-electron chi connectivity index (χ4n) is 2.25. The summed E-state index contributed by atoms with van der Waals surface area (Å²) in [6.07, 6.45) is 0. The first kappa shape index (κ1) is 14.5. The van der Waals surface area contributed by atoms with Crippen LogP contribution in [0.5, 0.6) is 0 Å². The number of carbonyl (C=O) groups is 1. The van der Waals surface area contributed by atoms with Crippen LogP contribution in [-0.2, 0) is 9.53 Å². The Morgan fingerprint density at radius 1 is 1.37 bits per heavy atom. The van der Waals surface area contributed by atoms with Crippen LogP contribution in [0.2, 0.25) is 0 Å². The number of ether oxygens (including phenoxy) is 1. The van der Waals surface area contributed by atoms with Crippen molar-refractivity contribution in [3.8, 4) is 0 Å². The van der Waals surface area contributed by atoms with Crippen LogP contribution in [0.3, 0.4) is 0 Å². The molecule has 1 amide bonds. The predicted octanol–water partition coefficient (Wildman–Crippen LogP) is 1.86. The van der Waals surface area contributed by atoms with Crippen LogP contribution in [0.25, 0.3) is 0 Å². The zero-order valence-corrected chi connectivity index (χ0v) is 12.7. The Bertz CT molecular complexity index is 436. The van der Waals surface area contributed by atoms with Crippen molar-refractivity contribution in [1.29, 1.82) is 0 Å². The fraction of sp³-hybridized carbons (Fsp3) is 0.500. The van der Waals surface area contributed by atoms with Gasteiger partial charge in [0.25, 0.3) is 0 Å². The Hall–Kier alpha value is -0.910. The van der Waals surface area contributed by atoms with Gasteiger partial charge in [-0.25, -0.2) is 0 Å². The highest BCUT2D eigenvalue weighted by atomic mass is 79.9. The average Bonchev–Trinajstić information content (AvgIpc) is 2.87. The van der Waals surface area contributed by atoms with E-state index in [1.165, 1.54) is 0 Å². The Morgan fingerprint density at radius 3 is 2.68 bits per heavy atom. The highest BCUT2D eigenvalue weighted by molar-refractivity contribution is 9.10. The van der Waals surface area contributed by atoms with E-state index in [0.29, 0.717) is 13.2 Å². The second-order valence-electron chi connectivity index (χ2n) is 4.82. The number of likely N-dealkylation sites (N-methyl/N-ethyl adjacent to an activating group) is 1. The number of benzene rings is 1. The lowest BCUT2D eigenvalue weighted by Crippen LogP contribution is -2.43. The molecule has 5 heteroatoms. The predicted molar refractivity (Wildman–Crippen MR) is 77.9 cm³/mol. The first-order valence-corrected chi connectivity index (χ1v) is 7.22. The molecule has 1 aliphatic rings. The highest BCUT2D eigenvalue weighted by Crippen LogP contribution is 2.19. The summed E-state index contributed by atoms with van der Waals surface area (Å²) in [5.41, 5.74) is 1.09. The van der Waals surface area contributed by atoms with Gasteiger partial charge in [-0.05, 0) is 31.7 Å². The van der Waals surface area contributed by atoms with Crippen molar-refractivity contribution < 1.29 is 9.53 Å². The van der Waals surface area contributed by atoms with E-state index in [9.17, 15) is 4.79 Å². The summed E-state index contributed by atoms with van der Waals surface area (Å²) in [7, 11) is 1.86. The molecule has 4 nitrogen and oxygen atoms in total. The Balaban J connectivity index is 1.96. The lowest BCUT2D eigenvalue weighted by molar-refractivity contribution is -0.126. The van der Waals surface area contributed by atoms with E-state index in [1.807, 2.05) is 38.2 Å². The van der Waals surface area contributed by atoms with Gasteiger partial charge in [0.1, 0.15) is 0 Å². The van der Waals surface area contributed by atoms with Crippen molar-refractivity contribution in [3.63, 3.8) is 0 Å². The molecule has 3 atom stereocenters. The number of hydrogen-bond acceptors (Lipinski definition) is 3. The van der Waals surface area contributed by atoms with Crippen molar-refractivity contribution >= 4 is 21.8 Å². The quantitative estimate of drug-likeness (QED) is 0.888. The Kier molecular flexibility index (Phi) is 4.96. The summed E-state index contributed by atoms with van der Waals surface area (Å²) < 4.78 is 6.39. The number of nitrogens with one attached hydrogen (secondary N) is 2. The second-order valence-corrected chi connectivity index (χ2v) is 5.74.